The first kappa shape index (κ1) is 17.3. The minimum atomic E-state index is -0.419. The summed E-state index contributed by atoms with van der Waals surface area (Å²) in [6.07, 6.45) is -0.572. The van der Waals surface area contributed by atoms with E-state index in [1.165, 1.54) is 0 Å². The van der Waals surface area contributed by atoms with Gasteiger partial charge in [-0.2, -0.15) is 0 Å². The second-order valence-electron chi connectivity index (χ2n) is 1.61. The zero-order valence-corrected chi connectivity index (χ0v) is 11.5. The molecule has 2 unspecified atom stereocenters. The molecule has 0 aromatic carbocycles. The average Bonchev–Trinajstić information content (AvgIpc) is 1.65. The van der Waals surface area contributed by atoms with Crippen LogP contribution < -0.4 is 0 Å². The number of rotatable bonds is 2. The van der Waals surface area contributed by atoms with E-state index < -0.39 is 6.10 Å². The molecule has 4 heteroatoms. The molecule has 1 N–H and O–H groups in total. The third kappa shape index (κ3) is 10.1. The van der Waals surface area contributed by atoms with Crippen LogP contribution in [0.4, 0.5) is 0 Å². The van der Waals surface area contributed by atoms with Crippen LogP contribution in [0, 0.1) is 7.11 Å². The predicted molar refractivity (Wildman–Crippen MR) is 27.6 cm³/mol. The Hall–Kier alpha value is 2.13. The van der Waals surface area contributed by atoms with Gasteiger partial charge in [-0.3, -0.25) is 0 Å². The van der Waals surface area contributed by atoms with Crippen molar-refractivity contribution in [1.29, 1.82) is 0 Å². The summed E-state index contributed by atoms with van der Waals surface area (Å²) in [4.78, 5) is 0. The molecule has 9 heavy (non-hydrogen) atoms. The van der Waals surface area contributed by atoms with Crippen molar-refractivity contribution in [3.63, 3.8) is 0 Å². The molecule has 0 saturated carbocycles. The van der Waals surface area contributed by atoms with Gasteiger partial charge in [0.15, 0.2) is 0 Å². The molecular formula is C5H11O2Y2-. The molecule has 2 radical (unpaired) electrons. The third-order valence-corrected chi connectivity index (χ3v) is 0.942. The van der Waals surface area contributed by atoms with Crippen LogP contribution in [0.1, 0.15) is 13.8 Å². The largest absolute Gasteiger partial charge is 0.551 e. The second-order valence-corrected chi connectivity index (χ2v) is 1.61. The summed E-state index contributed by atoms with van der Waals surface area (Å²) < 4.78 is 4.51. The second kappa shape index (κ2) is 10.1. The Morgan fingerprint density at radius 2 is 1.67 bits per heavy atom. The van der Waals surface area contributed by atoms with E-state index >= 15 is 0 Å². The third-order valence-electron chi connectivity index (χ3n) is 0.942. The molecule has 0 aliphatic rings. The van der Waals surface area contributed by atoms with Gasteiger partial charge in [-0.25, -0.2) is 7.11 Å². The molecule has 50 valence electrons. The fourth-order valence-electron chi connectivity index (χ4n) is 0.139. The van der Waals surface area contributed by atoms with E-state index in [-0.39, 0.29) is 71.5 Å². The fourth-order valence-corrected chi connectivity index (χ4v) is 0.139. The van der Waals surface area contributed by atoms with Gasteiger partial charge >= 0.3 is 0 Å². The van der Waals surface area contributed by atoms with Gasteiger partial charge < -0.3 is 9.84 Å². The SMILES string of the molecule is [CH2-]OC(C)C(C)O.[Y].[Y]. The predicted octanol–water partition coefficient (Wildman–Crippen LogP) is 0.559. The molecular weight excluding hydrogens is 270 g/mol. The number of aliphatic hydroxyl groups is 1. The standard InChI is InChI=1S/C5H11O2.2Y/c1-4(6)5(2)7-3;;/h4-6H,3H2,1-2H3;;/q-1;;. The summed E-state index contributed by atoms with van der Waals surface area (Å²) in [5.74, 6) is 0. The van der Waals surface area contributed by atoms with Gasteiger partial charge in [0.25, 0.3) is 0 Å². The smallest absolute Gasteiger partial charge is 0.0742 e. The Morgan fingerprint density at radius 1 is 1.33 bits per heavy atom. The molecule has 2 nitrogen and oxygen atoms in total. The van der Waals surface area contributed by atoms with Crippen molar-refractivity contribution in [2.45, 2.75) is 26.1 Å². The van der Waals surface area contributed by atoms with Crippen LogP contribution in [-0.2, 0) is 70.2 Å². The maximum absolute atomic E-state index is 8.66. The van der Waals surface area contributed by atoms with Crippen LogP contribution >= 0.6 is 0 Å². The van der Waals surface area contributed by atoms with Crippen LogP contribution in [0.25, 0.3) is 0 Å². The first-order valence-corrected chi connectivity index (χ1v) is 2.27. The Kier molecular flexibility index (Phi) is 19.4. The average molecular weight is 281 g/mol. The van der Waals surface area contributed by atoms with Crippen molar-refractivity contribution in [3.05, 3.63) is 7.11 Å². The van der Waals surface area contributed by atoms with Crippen molar-refractivity contribution < 1.29 is 75.3 Å². The van der Waals surface area contributed by atoms with Gasteiger partial charge in [0.2, 0.25) is 0 Å². The van der Waals surface area contributed by atoms with E-state index in [9.17, 15) is 0 Å². The van der Waals surface area contributed by atoms with Gasteiger partial charge in [0, 0.05) is 71.5 Å². The molecule has 0 aliphatic carbocycles. The summed E-state index contributed by atoms with van der Waals surface area (Å²) in [6, 6.07) is 0. The first-order chi connectivity index (χ1) is 3.18. The normalized spacial score (nSPS) is 14.7. The summed E-state index contributed by atoms with van der Waals surface area (Å²) in [5.41, 5.74) is 0. The van der Waals surface area contributed by atoms with E-state index in [4.69, 9.17) is 5.11 Å². The minimum Gasteiger partial charge on any atom is -0.551 e. The van der Waals surface area contributed by atoms with Gasteiger partial charge in [0.05, 0.1) is 6.10 Å². The number of hydrogen-bond donors (Lipinski definition) is 1. The molecule has 0 bridgehead atoms. The number of hydrogen-bond acceptors (Lipinski definition) is 2. The van der Waals surface area contributed by atoms with Crippen molar-refractivity contribution in [2.75, 3.05) is 0 Å². The molecule has 0 aromatic rings. The Labute approximate surface area is 107 Å². The number of aliphatic hydroxyl groups excluding tert-OH is 1. The molecule has 0 rings (SSSR count). The van der Waals surface area contributed by atoms with E-state index in [1.807, 2.05) is 0 Å². The van der Waals surface area contributed by atoms with Crippen molar-refractivity contribution in [2.24, 2.45) is 0 Å². The molecule has 0 heterocycles. The molecule has 0 saturated heterocycles. The van der Waals surface area contributed by atoms with Crippen LogP contribution in [0.5, 0.6) is 0 Å². The molecule has 0 spiro atoms. The number of ether oxygens (including phenoxy) is 1. The van der Waals surface area contributed by atoms with Crippen molar-refractivity contribution in [1.82, 2.24) is 0 Å². The Balaban J connectivity index is -0.000000180. The fraction of sp³-hybridized carbons (Fsp3) is 0.800. The van der Waals surface area contributed by atoms with Crippen LogP contribution in [-0.4, -0.2) is 17.3 Å². The van der Waals surface area contributed by atoms with Crippen molar-refractivity contribution in [3.8, 4) is 0 Å². The maximum atomic E-state index is 8.66. The summed E-state index contributed by atoms with van der Waals surface area (Å²) in [7, 11) is 3.15. The summed E-state index contributed by atoms with van der Waals surface area (Å²) in [6.45, 7) is 3.42. The van der Waals surface area contributed by atoms with E-state index in [2.05, 4.69) is 11.8 Å². The molecule has 0 amide bonds. The first-order valence-electron chi connectivity index (χ1n) is 2.27. The van der Waals surface area contributed by atoms with Crippen molar-refractivity contribution >= 4 is 0 Å². The Morgan fingerprint density at radius 3 is 1.67 bits per heavy atom. The molecule has 0 fully saturated rings. The molecule has 2 atom stereocenters. The van der Waals surface area contributed by atoms with Gasteiger partial charge in [-0.15, -0.1) is 0 Å². The molecule has 0 aromatic heterocycles. The zero-order valence-electron chi connectivity index (χ0n) is 5.87. The van der Waals surface area contributed by atoms with Crippen LogP contribution in [0.2, 0.25) is 0 Å². The van der Waals surface area contributed by atoms with Gasteiger partial charge in [-0.05, 0) is 13.8 Å². The summed E-state index contributed by atoms with van der Waals surface area (Å²) >= 11 is 0. The van der Waals surface area contributed by atoms with E-state index in [1.54, 1.807) is 13.8 Å². The Bertz CT molecular complexity index is 50.2. The van der Waals surface area contributed by atoms with Gasteiger partial charge in [-0.1, -0.05) is 0 Å². The topological polar surface area (TPSA) is 29.5 Å². The summed E-state index contributed by atoms with van der Waals surface area (Å²) in [5, 5.41) is 8.66. The maximum Gasteiger partial charge on any atom is 0.0742 e. The quantitative estimate of drug-likeness (QED) is 0.749. The monoisotopic (exact) mass is 281 g/mol. The van der Waals surface area contributed by atoms with Crippen LogP contribution in [0.15, 0.2) is 0 Å². The van der Waals surface area contributed by atoms with E-state index in [0.29, 0.717) is 0 Å². The van der Waals surface area contributed by atoms with E-state index in [0.717, 1.165) is 0 Å². The van der Waals surface area contributed by atoms with Gasteiger partial charge in [0.1, 0.15) is 0 Å². The minimum absolute atomic E-state index is 0. The van der Waals surface area contributed by atoms with Crippen LogP contribution in [0.3, 0.4) is 0 Å². The molecule has 0 aliphatic heterocycles. The zero-order chi connectivity index (χ0) is 5.86.